The Morgan fingerprint density at radius 1 is 1.22 bits per heavy atom. The minimum absolute atomic E-state index is 0.501. The van der Waals surface area contributed by atoms with Gasteiger partial charge in [-0.2, -0.15) is 13.2 Å². The normalized spacial score (nSPS) is 22.1. The van der Waals surface area contributed by atoms with Crippen LogP contribution in [0.1, 0.15) is 24.0 Å². The number of rotatable bonds is 2. The molecule has 0 aromatic heterocycles. The second kappa shape index (κ2) is 5.61. The average molecular weight is 322 g/mol. The molecule has 1 aliphatic rings. The highest BCUT2D eigenvalue weighted by molar-refractivity contribution is 9.09. The van der Waals surface area contributed by atoms with Crippen molar-refractivity contribution in [3.8, 4) is 0 Å². The summed E-state index contributed by atoms with van der Waals surface area (Å²) in [7, 11) is 0. The molecule has 1 aliphatic heterocycles. The summed E-state index contributed by atoms with van der Waals surface area (Å²) in [6.07, 6.45) is -1.94. The maximum atomic E-state index is 12.4. The van der Waals surface area contributed by atoms with Crippen LogP contribution in [0.4, 0.5) is 13.2 Å². The summed E-state index contributed by atoms with van der Waals surface area (Å²) in [5.74, 6) is 0. The summed E-state index contributed by atoms with van der Waals surface area (Å²) in [6.45, 7) is 2.70. The average Bonchev–Trinajstić information content (AvgIpc) is 2.28. The fourth-order valence-electron chi connectivity index (χ4n) is 2.20. The van der Waals surface area contributed by atoms with E-state index in [0.29, 0.717) is 4.83 Å². The zero-order chi connectivity index (χ0) is 13.2. The third-order valence-electron chi connectivity index (χ3n) is 3.14. The standard InChI is InChI=1S/C13H15BrF3N/c14-12-2-1-7-18(9-12)8-10-3-5-11(6-4-10)13(15,16)17/h3-6,12H,1-2,7-9H2. The van der Waals surface area contributed by atoms with E-state index in [2.05, 4.69) is 20.8 Å². The van der Waals surface area contributed by atoms with Crippen molar-refractivity contribution < 1.29 is 13.2 Å². The van der Waals surface area contributed by atoms with Crippen LogP contribution in [0.5, 0.6) is 0 Å². The van der Waals surface area contributed by atoms with Crippen LogP contribution in [0.3, 0.4) is 0 Å². The molecule has 0 aliphatic carbocycles. The Morgan fingerprint density at radius 3 is 2.44 bits per heavy atom. The number of hydrogen-bond acceptors (Lipinski definition) is 1. The summed E-state index contributed by atoms with van der Waals surface area (Å²) >= 11 is 3.59. The zero-order valence-electron chi connectivity index (χ0n) is 9.88. The smallest absolute Gasteiger partial charge is 0.298 e. The maximum absolute atomic E-state index is 12.4. The van der Waals surface area contributed by atoms with E-state index >= 15 is 0 Å². The fourth-order valence-corrected chi connectivity index (χ4v) is 2.93. The predicted octanol–water partition coefficient (Wildman–Crippen LogP) is 4.06. The third kappa shape index (κ3) is 3.72. The molecule has 2 rings (SSSR count). The highest BCUT2D eigenvalue weighted by Crippen LogP contribution is 2.29. The molecule has 0 N–H and O–H groups in total. The second-order valence-corrected chi connectivity index (χ2v) is 5.96. The van der Waals surface area contributed by atoms with Gasteiger partial charge >= 0.3 is 6.18 Å². The Morgan fingerprint density at radius 2 is 1.89 bits per heavy atom. The Kier molecular flexibility index (Phi) is 4.33. The molecule has 1 atom stereocenters. The molecular formula is C13H15BrF3N. The molecule has 1 aromatic carbocycles. The molecular weight excluding hydrogens is 307 g/mol. The lowest BCUT2D eigenvalue weighted by Crippen LogP contribution is -2.35. The van der Waals surface area contributed by atoms with E-state index in [4.69, 9.17) is 0 Å². The Balaban J connectivity index is 1.98. The molecule has 100 valence electrons. The van der Waals surface area contributed by atoms with Crippen molar-refractivity contribution in [3.05, 3.63) is 35.4 Å². The van der Waals surface area contributed by atoms with Crippen molar-refractivity contribution >= 4 is 15.9 Å². The number of nitrogens with zero attached hydrogens (tertiary/aromatic N) is 1. The van der Waals surface area contributed by atoms with Crippen LogP contribution in [0.25, 0.3) is 0 Å². The molecule has 5 heteroatoms. The summed E-state index contributed by atoms with van der Waals surface area (Å²) in [6, 6.07) is 5.46. The molecule has 1 saturated heterocycles. The highest BCUT2D eigenvalue weighted by atomic mass is 79.9. The molecule has 18 heavy (non-hydrogen) atoms. The summed E-state index contributed by atoms with van der Waals surface area (Å²) < 4.78 is 37.2. The fraction of sp³-hybridized carbons (Fsp3) is 0.538. The number of halogens is 4. The van der Waals surface area contributed by atoms with Gasteiger partial charge in [-0.3, -0.25) is 4.90 Å². The summed E-state index contributed by atoms with van der Waals surface area (Å²) in [5.41, 5.74) is 0.355. The largest absolute Gasteiger partial charge is 0.416 e. The highest BCUT2D eigenvalue weighted by Gasteiger charge is 2.30. The minimum atomic E-state index is -4.25. The van der Waals surface area contributed by atoms with Gasteiger partial charge in [0, 0.05) is 17.9 Å². The van der Waals surface area contributed by atoms with Gasteiger partial charge in [-0.1, -0.05) is 28.1 Å². The first-order valence-electron chi connectivity index (χ1n) is 5.98. The van der Waals surface area contributed by atoms with Crippen molar-refractivity contribution in [1.29, 1.82) is 0 Å². The number of likely N-dealkylation sites (tertiary alicyclic amines) is 1. The van der Waals surface area contributed by atoms with Crippen molar-refractivity contribution in [2.75, 3.05) is 13.1 Å². The van der Waals surface area contributed by atoms with Gasteiger partial charge in [-0.25, -0.2) is 0 Å². The quantitative estimate of drug-likeness (QED) is 0.742. The predicted molar refractivity (Wildman–Crippen MR) is 68.7 cm³/mol. The lowest BCUT2D eigenvalue weighted by molar-refractivity contribution is -0.137. The van der Waals surface area contributed by atoms with Crippen LogP contribution in [0.15, 0.2) is 24.3 Å². The van der Waals surface area contributed by atoms with E-state index in [1.165, 1.54) is 6.42 Å². The Labute approximate surface area is 113 Å². The zero-order valence-corrected chi connectivity index (χ0v) is 11.5. The van der Waals surface area contributed by atoms with Gasteiger partial charge < -0.3 is 0 Å². The molecule has 1 heterocycles. The Bertz CT molecular complexity index is 388. The Hall–Kier alpha value is -0.550. The minimum Gasteiger partial charge on any atom is -0.298 e. The molecule has 1 aromatic rings. The number of alkyl halides is 4. The molecule has 0 radical (unpaired) electrons. The first-order valence-corrected chi connectivity index (χ1v) is 6.89. The van der Waals surface area contributed by atoms with Crippen molar-refractivity contribution in [2.45, 2.75) is 30.4 Å². The molecule has 1 fully saturated rings. The topological polar surface area (TPSA) is 3.24 Å². The number of hydrogen-bond donors (Lipinski definition) is 0. The van der Waals surface area contributed by atoms with E-state index < -0.39 is 11.7 Å². The van der Waals surface area contributed by atoms with Crippen molar-refractivity contribution in [1.82, 2.24) is 4.90 Å². The molecule has 0 saturated carbocycles. The molecule has 0 spiro atoms. The van der Waals surface area contributed by atoms with Gasteiger partial charge in [0.2, 0.25) is 0 Å². The van der Waals surface area contributed by atoms with Gasteiger partial charge in [0.1, 0.15) is 0 Å². The van der Waals surface area contributed by atoms with E-state index in [9.17, 15) is 13.2 Å². The molecule has 1 unspecified atom stereocenters. The number of piperidine rings is 1. The van der Waals surface area contributed by atoms with Gasteiger partial charge in [-0.05, 0) is 37.1 Å². The van der Waals surface area contributed by atoms with Crippen LogP contribution >= 0.6 is 15.9 Å². The first-order chi connectivity index (χ1) is 8.45. The monoisotopic (exact) mass is 321 g/mol. The summed E-state index contributed by atoms with van der Waals surface area (Å²) in [5, 5.41) is 0. The molecule has 0 bridgehead atoms. The molecule has 1 nitrogen and oxygen atoms in total. The van der Waals surface area contributed by atoms with Crippen molar-refractivity contribution in [3.63, 3.8) is 0 Å². The lowest BCUT2D eigenvalue weighted by atomic mass is 10.1. The van der Waals surface area contributed by atoms with E-state index in [0.717, 1.165) is 43.8 Å². The second-order valence-electron chi connectivity index (χ2n) is 4.67. The first kappa shape index (κ1) is 13.9. The SMILES string of the molecule is FC(F)(F)c1ccc(CN2CCCC(Br)C2)cc1. The maximum Gasteiger partial charge on any atom is 0.416 e. The van der Waals surface area contributed by atoms with Crippen LogP contribution < -0.4 is 0 Å². The summed E-state index contributed by atoms with van der Waals surface area (Å²) in [4.78, 5) is 2.77. The van der Waals surface area contributed by atoms with E-state index in [1.54, 1.807) is 12.1 Å². The van der Waals surface area contributed by atoms with Crippen LogP contribution in [0.2, 0.25) is 0 Å². The van der Waals surface area contributed by atoms with Gasteiger partial charge in [0.05, 0.1) is 5.56 Å². The van der Waals surface area contributed by atoms with E-state index in [1.807, 2.05) is 0 Å². The lowest BCUT2D eigenvalue weighted by Gasteiger charge is -2.29. The van der Waals surface area contributed by atoms with Gasteiger partial charge in [0.25, 0.3) is 0 Å². The molecule has 0 amide bonds. The number of benzene rings is 1. The van der Waals surface area contributed by atoms with Crippen LogP contribution in [-0.4, -0.2) is 22.8 Å². The van der Waals surface area contributed by atoms with Crippen LogP contribution in [0, 0.1) is 0 Å². The van der Waals surface area contributed by atoms with Crippen LogP contribution in [-0.2, 0) is 12.7 Å². The van der Waals surface area contributed by atoms with Gasteiger partial charge in [0.15, 0.2) is 0 Å². The third-order valence-corrected chi connectivity index (χ3v) is 3.88. The van der Waals surface area contributed by atoms with E-state index in [-0.39, 0.29) is 0 Å². The van der Waals surface area contributed by atoms with Crippen molar-refractivity contribution in [2.24, 2.45) is 0 Å². The van der Waals surface area contributed by atoms with Gasteiger partial charge in [-0.15, -0.1) is 0 Å².